The van der Waals surface area contributed by atoms with Gasteiger partial charge in [0, 0.05) is 11.9 Å². The van der Waals surface area contributed by atoms with E-state index in [1.807, 2.05) is 6.92 Å². The molecule has 1 heterocycles. The molecule has 0 fully saturated rings. The minimum Gasteiger partial charge on any atom is -0.496 e. The Labute approximate surface area is 125 Å². The topological polar surface area (TPSA) is 68.3 Å². The Balaban J connectivity index is 2.43. The molecular formula is C15H18N2O3S. The quantitative estimate of drug-likeness (QED) is 0.943. The second kappa shape index (κ2) is 5.73. The van der Waals surface area contributed by atoms with Crippen molar-refractivity contribution in [2.24, 2.45) is 0 Å². The Morgan fingerprint density at radius 3 is 2.43 bits per heavy atom. The lowest BCUT2D eigenvalue weighted by Gasteiger charge is -2.14. The zero-order valence-corrected chi connectivity index (χ0v) is 13.3. The number of methoxy groups -OCH3 is 1. The van der Waals surface area contributed by atoms with Crippen LogP contribution in [0.4, 0.5) is 5.69 Å². The number of sulfonamides is 1. The van der Waals surface area contributed by atoms with Crippen LogP contribution in [0.3, 0.4) is 0 Å². The average Bonchev–Trinajstić information content (AvgIpc) is 2.41. The number of nitrogens with one attached hydrogen (secondary N) is 1. The lowest BCUT2D eigenvalue weighted by atomic mass is 10.1. The second-order valence-electron chi connectivity index (χ2n) is 4.81. The summed E-state index contributed by atoms with van der Waals surface area (Å²) in [6.07, 6.45) is 1.57. The van der Waals surface area contributed by atoms with Crippen molar-refractivity contribution in [2.75, 3.05) is 11.8 Å². The van der Waals surface area contributed by atoms with Crippen LogP contribution in [-0.4, -0.2) is 20.5 Å². The molecule has 5 nitrogen and oxygen atoms in total. The number of hydrogen-bond acceptors (Lipinski definition) is 4. The fraction of sp³-hybridized carbons (Fsp3) is 0.267. The average molecular weight is 306 g/mol. The van der Waals surface area contributed by atoms with Crippen molar-refractivity contribution in [3.8, 4) is 5.75 Å². The molecule has 112 valence electrons. The minimum absolute atomic E-state index is 0.246. The fourth-order valence-corrected chi connectivity index (χ4v) is 3.45. The fourth-order valence-electron chi connectivity index (χ4n) is 2.10. The summed E-state index contributed by atoms with van der Waals surface area (Å²) in [6, 6.07) is 6.52. The van der Waals surface area contributed by atoms with Gasteiger partial charge >= 0.3 is 0 Å². The largest absolute Gasteiger partial charge is 0.496 e. The molecule has 1 N–H and O–H groups in total. The summed E-state index contributed by atoms with van der Waals surface area (Å²) < 4.78 is 32.8. The number of anilines is 1. The van der Waals surface area contributed by atoms with Gasteiger partial charge in [-0.25, -0.2) is 8.42 Å². The summed E-state index contributed by atoms with van der Waals surface area (Å²) in [5.41, 5.74) is 2.73. The zero-order chi connectivity index (χ0) is 15.6. The Morgan fingerprint density at radius 2 is 1.81 bits per heavy atom. The molecule has 1 aromatic carbocycles. The number of aryl methyl sites for hydroxylation is 1. The van der Waals surface area contributed by atoms with Crippen molar-refractivity contribution in [3.05, 3.63) is 47.3 Å². The van der Waals surface area contributed by atoms with Gasteiger partial charge in [-0.2, -0.15) is 0 Å². The Hall–Kier alpha value is -2.08. The predicted molar refractivity (Wildman–Crippen MR) is 82.3 cm³/mol. The number of benzene rings is 1. The Bertz CT molecular complexity index is 770. The summed E-state index contributed by atoms with van der Waals surface area (Å²) in [4.78, 5) is 4.29. The van der Waals surface area contributed by atoms with Gasteiger partial charge in [-0.15, -0.1) is 0 Å². The van der Waals surface area contributed by atoms with Crippen LogP contribution in [0.2, 0.25) is 0 Å². The molecule has 1 aromatic heterocycles. The molecule has 2 aromatic rings. The second-order valence-corrected chi connectivity index (χ2v) is 6.46. The number of rotatable bonds is 4. The molecule has 0 spiro atoms. The zero-order valence-electron chi connectivity index (χ0n) is 12.5. The lowest BCUT2D eigenvalue weighted by molar-refractivity contribution is 0.411. The first kappa shape index (κ1) is 15.3. The molecule has 0 atom stereocenters. The first-order valence-electron chi connectivity index (χ1n) is 6.45. The van der Waals surface area contributed by atoms with E-state index < -0.39 is 10.0 Å². The molecule has 0 amide bonds. The van der Waals surface area contributed by atoms with Crippen LogP contribution >= 0.6 is 0 Å². The van der Waals surface area contributed by atoms with Gasteiger partial charge in [0.05, 0.1) is 17.7 Å². The van der Waals surface area contributed by atoms with Gasteiger partial charge in [-0.3, -0.25) is 9.71 Å². The van der Waals surface area contributed by atoms with Crippen molar-refractivity contribution in [3.63, 3.8) is 0 Å². The highest BCUT2D eigenvalue weighted by Gasteiger charge is 2.19. The molecule has 0 bridgehead atoms. The summed E-state index contributed by atoms with van der Waals surface area (Å²) in [5.74, 6) is 0.672. The van der Waals surface area contributed by atoms with Crippen molar-refractivity contribution in [2.45, 2.75) is 25.7 Å². The molecule has 2 rings (SSSR count). The van der Waals surface area contributed by atoms with Crippen LogP contribution in [0.25, 0.3) is 0 Å². The smallest absolute Gasteiger partial charge is 0.262 e. The van der Waals surface area contributed by atoms with E-state index in [4.69, 9.17) is 4.74 Å². The van der Waals surface area contributed by atoms with Crippen molar-refractivity contribution >= 4 is 15.7 Å². The molecule has 0 saturated carbocycles. The molecular weight excluding hydrogens is 288 g/mol. The van der Waals surface area contributed by atoms with E-state index >= 15 is 0 Å². The van der Waals surface area contributed by atoms with Crippen LogP contribution in [0.5, 0.6) is 5.75 Å². The van der Waals surface area contributed by atoms with Gasteiger partial charge in [0.15, 0.2) is 0 Å². The van der Waals surface area contributed by atoms with Gasteiger partial charge in [0.2, 0.25) is 0 Å². The molecule has 0 aliphatic carbocycles. The predicted octanol–water partition coefficient (Wildman–Crippen LogP) is 2.82. The number of hydrogen-bond donors (Lipinski definition) is 1. The summed E-state index contributed by atoms with van der Waals surface area (Å²) in [5, 5.41) is 0. The lowest BCUT2D eigenvalue weighted by Crippen LogP contribution is -2.15. The third kappa shape index (κ3) is 3.16. The number of pyridine rings is 1. The van der Waals surface area contributed by atoms with Crippen LogP contribution in [-0.2, 0) is 10.0 Å². The molecule has 0 radical (unpaired) electrons. The normalized spacial score (nSPS) is 11.2. The van der Waals surface area contributed by atoms with Crippen LogP contribution in [0.15, 0.2) is 35.4 Å². The highest BCUT2D eigenvalue weighted by Crippen LogP contribution is 2.28. The van der Waals surface area contributed by atoms with Gasteiger partial charge in [0.1, 0.15) is 5.75 Å². The first-order valence-corrected chi connectivity index (χ1v) is 7.93. The summed E-state index contributed by atoms with van der Waals surface area (Å²) >= 11 is 0. The number of nitrogens with zero attached hydrogens (tertiary/aromatic N) is 1. The minimum atomic E-state index is -3.64. The number of aromatic nitrogens is 1. The van der Waals surface area contributed by atoms with E-state index in [9.17, 15) is 8.42 Å². The van der Waals surface area contributed by atoms with Crippen LogP contribution in [0.1, 0.15) is 16.8 Å². The van der Waals surface area contributed by atoms with Crippen molar-refractivity contribution in [1.82, 2.24) is 4.98 Å². The van der Waals surface area contributed by atoms with Gasteiger partial charge in [-0.1, -0.05) is 0 Å². The standard InChI is InChI=1S/C15H18N2O3S/c1-10-9-13(7-8-16-10)17-21(18,19)15-6-5-14(20-4)11(2)12(15)3/h5-9H,1-4H3,(H,16,17). The van der Waals surface area contributed by atoms with Crippen molar-refractivity contribution in [1.29, 1.82) is 0 Å². The molecule has 6 heteroatoms. The maximum absolute atomic E-state index is 12.5. The monoisotopic (exact) mass is 306 g/mol. The molecule has 21 heavy (non-hydrogen) atoms. The summed E-state index contributed by atoms with van der Waals surface area (Å²) in [7, 11) is -2.08. The van der Waals surface area contributed by atoms with E-state index in [-0.39, 0.29) is 4.90 Å². The van der Waals surface area contributed by atoms with Gasteiger partial charge < -0.3 is 4.74 Å². The Kier molecular flexibility index (Phi) is 4.18. The highest BCUT2D eigenvalue weighted by atomic mass is 32.2. The van der Waals surface area contributed by atoms with Gasteiger partial charge in [0.25, 0.3) is 10.0 Å². The first-order chi connectivity index (χ1) is 9.85. The maximum Gasteiger partial charge on any atom is 0.262 e. The molecule has 0 unspecified atom stereocenters. The summed E-state index contributed by atoms with van der Waals surface area (Å²) in [6.45, 7) is 5.41. The van der Waals surface area contributed by atoms with E-state index in [0.29, 0.717) is 17.0 Å². The van der Waals surface area contributed by atoms with Crippen LogP contribution in [0, 0.1) is 20.8 Å². The van der Waals surface area contributed by atoms with E-state index in [1.165, 1.54) is 0 Å². The molecule has 0 saturated heterocycles. The van der Waals surface area contributed by atoms with Crippen molar-refractivity contribution < 1.29 is 13.2 Å². The third-order valence-electron chi connectivity index (χ3n) is 3.35. The SMILES string of the molecule is COc1ccc(S(=O)(=O)Nc2ccnc(C)c2)c(C)c1C. The van der Waals surface area contributed by atoms with Gasteiger partial charge in [-0.05, 0) is 56.2 Å². The number of ether oxygens (including phenoxy) is 1. The molecule has 0 aliphatic heterocycles. The van der Waals surface area contributed by atoms with E-state index in [0.717, 1.165) is 11.3 Å². The van der Waals surface area contributed by atoms with Crippen LogP contribution < -0.4 is 9.46 Å². The maximum atomic E-state index is 12.5. The van der Waals surface area contributed by atoms with E-state index in [1.54, 1.807) is 51.4 Å². The highest BCUT2D eigenvalue weighted by molar-refractivity contribution is 7.92. The Morgan fingerprint density at radius 1 is 1.10 bits per heavy atom. The van der Waals surface area contributed by atoms with E-state index in [2.05, 4.69) is 9.71 Å². The molecule has 0 aliphatic rings. The third-order valence-corrected chi connectivity index (χ3v) is 4.87.